The zero-order valence-electron chi connectivity index (χ0n) is 42.0. The second kappa shape index (κ2) is 52.7. The molecule has 0 heterocycles. The highest BCUT2D eigenvalue weighted by Crippen LogP contribution is 2.14. The topological polar surface area (TPSA) is 78.9 Å². The molecule has 1 unspecified atom stereocenters. The molecule has 0 fully saturated rings. The van der Waals surface area contributed by atoms with Crippen molar-refractivity contribution in [2.75, 3.05) is 13.2 Å². The van der Waals surface area contributed by atoms with Crippen LogP contribution in [0.25, 0.3) is 0 Å². The lowest BCUT2D eigenvalue weighted by Crippen LogP contribution is -2.30. The van der Waals surface area contributed by atoms with Crippen molar-refractivity contribution in [3.8, 4) is 0 Å². The minimum absolute atomic E-state index is 0.0972. The molecule has 0 rings (SSSR count). The molecule has 0 radical (unpaired) electrons. The maximum Gasteiger partial charge on any atom is 0.306 e. The van der Waals surface area contributed by atoms with Crippen LogP contribution >= 0.6 is 0 Å². The highest BCUT2D eigenvalue weighted by molar-refractivity contribution is 5.71. The largest absolute Gasteiger partial charge is 0.462 e. The molecule has 0 bridgehead atoms. The SMILES string of the molecule is CC\C=C/C=C\C=C/CCCCCCCCCC(=O)OC(COC(=O)CCCCCCC\C=C/C=C\C=C/C=C\CCCCC)COC(=O)CCCCCCCCC/C=C\C/C=C\CC. The highest BCUT2D eigenvalue weighted by atomic mass is 16.6. The molecule has 0 saturated carbocycles. The summed E-state index contributed by atoms with van der Waals surface area (Å²) >= 11 is 0. The fourth-order valence-electron chi connectivity index (χ4n) is 6.96. The Labute approximate surface area is 400 Å². The van der Waals surface area contributed by atoms with Crippen LogP contribution in [0.5, 0.6) is 0 Å². The average molecular weight is 901 g/mol. The monoisotopic (exact) mass is 901 g/mol. The molecule has 0 aromatic heterocycles. The van der Waals surface area contributed by atoms with Crippen molar-refractivity contribution < 1.29 is 28.6 Å². The molecule has 0 aliphatic carbocycles. The number of rotatable bonds is 46. The number of esters is 3. The molecule has 0 aromatic carbocycles. The van der Waals surface area contributed by atoms with E-state index in [1.54, 1.807) is 0 Å². The Morgan fingerprint density at radius 3 is 1.11 bits per heavy atom. The molecule has 0 aliphatic rings. The van der Waals surface area contributed by atoms with Crippen LogP contribution < -0.4 is 0 Å². The van der Waals surface area contributed by atoms with Gasteiger partial charge >= 0.3 is 17.9 Å². The van der Waals surface area contributed by atoms with Gasteiger partial charge in [-0.25, -0.2) is 0 Å². The zero-order valence-corrected chi connectivity index (χ0v) is 42.0. The fraction of sp³-hybridized carbons (Fsp3) is 0.644. The van der Waals surface area contributed by atoms with Crippen LogP contribution in [0.1, 0.15) is 226 Å². The van der Waals surface area contributed by atoms with Gasteiger partial charge in [-0.3, -0.25) is 14.4 Å². The lowest BCUT2D eigenvalue weighted by atomic mass is 10.1. The molecular formula is C59H96O6. The van der Waals surface area contributed by atoms with E-state index in [9.17, 15) is 14.4 Å². The van der Waals surface area contributed by atoms with Crippen molar-refractivity contribution >= 4 is 17.9 Å². The standard InChI is InChI=1S/C59H96O6/c1-4-7-10-13-16-19-22-25-28-29-30-32-34-37-40-43-46-49-52-58(61)64-55-56(54-63-57(60)51-48-45-42-39-36-33-27-24-21-18-15-12-9-6-3)65-59(62)53-50-47-44-41-38-35-31-26-23-20-17-14-11-8-5-2/h8-9,11-12,14,16-23,25,28-30,32,56H,4-7,10,13,15,24,26-27,31,33-55H2,1-3H3/b11-8-,12-9-,17-14-,19-16-,21-18-,23-20-,25-22-,29-28-,32-30-. The van der Waals surface area contributed by atoms with Gasteiger partial charge in [0.2, 0.25) is 0 Å². The van der Waals surface area contributed by atoms with Crippen molar-refractivity contribution in [2.45, 2.75) is 232 Å². The molecule has 0 spiro atoms. The van der Waals surface area contributed by atoms with E-state index in [4.69, 9.17) is 14.2 Å². The third kappa shape index (κ3) is 50.9. The summed E-state index contributed by atoms with van der Waals surface area (Å²) < 4.78 is 16.8. The maximum atomic E-state index is 12.8. The highest BCUT2D eigenvalue weighted by Gasteiger charge is 2.19. The van der Waals surface area contributed by atoms with Crippen molar-refractivity contribution in [3.63, 3.8) is 0 Å². The van der Waals surface area contributed by atoms with E-state index >= 15 is 0 Å². The Bertz CT molecular complexity index is 1360. The number of ether oxygens (including phenoxy) is 3. The van der Waals surface area contributed by atoms with E-state index in [-0.39, 0.29) is 31.1 Å². The van der Waals surface area contributed by atoms with Gasteiger partial charge in [0.15, 0.2) is 6.10 Å². The van der Waals surface area contributed by atoms with Gasteiger partial charge < -0.3 is 14.2 Å². The normalized spacial score (nSPS) is 13.0. The minimum atomic E-state index is -0.800. The number of hydrogen-bond acceptors (Lipinski definition) is 6. The van der Waals surface area contributed by atoms with E-state index in [2.05, 4.69) is 130 Å². The quantitative estimate of drug-likeness (QED) is 0.0199. The van der Waals surface area contributed by atoms with E-state index in [0.717, 1.165) is 122 Å². The van der Waals surface area contributed by atoms with Gasteiger partial charge in [-0.15, -0.1) is 0 Å². The molecular weight excluding hydrogens is 805 g/mol. The summed E-state index contributed by atoms with van der Waals surface area (Å²) in [6, 6.07) is 0. The van der Waals surface area contributed by atoms with Crippen LogP contribution in [0.4, 0.5) is 0 Å². The van der Waals surface area contributed by atoms with Crippen LogP contribution in [-0.4, -0.2) is 37.2 Å². The molecule has 6 heteroatoms. The Kier molecular flexibility index (Phi) is 49.5. The summed E-state index contributed by atoms with van der Waals surface area (Å²) in [7, 11) is 0. The third-order valence-corrected chi connectivity index (χ3v) is 10.9. The van der Waals surface area contributed by atoms with Crippen molar-refractivity contribution in [1.29, 1.82) is 0 Å². The lowest BCUT2D eigenvalue weighted by Gasteiger charge is -2.18. The molecule has 6 nitrogen and oxygen atoms in total. The first-order valence-corrected chi connectivity index (χ1v) is 26.5. The van der Waals surface area contributed by atoms with E-state index in [1.807, 2.05) is 0 Å². The summed E-state index contributed by atoms with van der Waals surface area (Å²) in [5.41, 5.74) is 0. The molecule has 0 N–H and O–H groups in total. The van der Waals surface area contributed by atoms with Gasteiger partial charge in [0.05, 0.1) is 0 Å². The number of allylic oxidation sites excluding steroid dienone is 18. The number of carbonyl (C=O) groups excluding carboxylic acids is 3. The van der Waals surface area contributed by atoms with E-state index < -0.39 is 6.10 Å². The summed E-state index contributed by atoms with van der Waals surface area (Å²) in [4.78, 5) is 38.0. The van der Waals surface area contributed by atoms with E-state index in [1.165, 1.54) is 64.2 Å². The number of carbonyl (C=O) groups is 3. The summed E-state index contributed by atoms with van der Waals surface area (Å²) in [5, 5.41) is 0. The second-order valence-electron chi connectivity index (χ2n) is 17.2. The molecule has 0 amide bonds. The van der Waals surface area contributed by atoms with Gasteiger partial charge in [-0.05, 0) is 89.9 Å². The Hall–Kier alpha value is -3.93. The van der Waals surface area contributed by atoms with Crippen LogP contribution in [0.2, 0.25) is 0 Å². The summed E-state index contributed by atoms with van der Waals surface area (Å²) in [5.74, 6) is -0.944. The predicted octanol–water partition coefficient (Wildman–Crippen LogP) is 17.5. The Morgan fingerprint density at radius 1 is 0.338 bits per heavy atom. The first-order chi connectivity index (χ1) is 32.0. The smallest absolute Gasteiger partial charge is 0.306 e. The Balaban J connectivity index is 4.48. The van der Waals surface area contributed by atoms with Crippen LogP contribution in [-0.2, 0) is 28.6 Å². The number of hydrogen-bond donors (Lipinski definition) is 0. The minimum Gasteiger partial charge on any atom is -0.462 e. The molecule has 0 aliphatic heterocycles. The van der Waals surface area contributed by atoms with Gasteiger partial charge in [0.1, 0.15) is 13.2 Å². The third-order valence-electron chi connectivity index (χ3n) is 10.9. The molecule has 368 valence electrons. The van der Waals surface area contributed by atoms with Crippen molar-refractivity contribution in [1.82, 2.24) is 0 Å². The summed E-state index contributed by atoms with van der Waals surface area (Å²) in [6.45, 7) is 6.32. The molecule has 65 heavy (non-hydrogen) atoms. The van der Waals surface area contributed by atoms with Gasteiger partial charge in [-0.2, -0.15) is 0 Å². The van der Waals surface area contributed by atoms with Crippen molar-refractivity contribution in [3.05, 3.63) is 109 Å². The van der Waals surface area contributed by atoms with Gasteiger partial charge in [-0.1, -0.05) is 226 Å². The first kappa shape index (κ1) is 61.1. The first-order valence-electron chi connectivity index (χ1n) is 26.5. The Morgan fingerprint density at radius 2 is 0.677 bits per heavy atom. The second-order valence-corrected chi connectivity index (χ2v) is 17.2. The maximum absolute atomic E-state index is 12.8. The van der Waals surface area contributed by atoms with Crippen LogP contribution in [0, 0.1) is 0 Å². The molecule has 0 aromatic rings. The van der Waals surface area contributed by atoms with Gasteiger partial charge in [0, 0.05) is 19.3 Å². The molecule has 1 atom stereocenters. The average Bonchev–Trinajstić information content (AvgIpc) is 3.30. The molecule has 0 saturated heterocycles. The zero-order chi connectivity index (χ0) is 47.2. The van der Waals surface area contributed by atoms with Crippen LogP contribution in [0.15, 0.2) is 109 Å². The lowest BCUT2D eigenvalue weighted by molar-refractivity contribution is -0.167. The fourth-order valence-corrected chi connectivity index (χ4v) is 6.96. The van der Waals surface area contributed by atoms with E-state index in [0.29, 0.717) is 19.3 Å². The summed E-state index contributed by atoms with van der Waals surface area (Å²) in [6.07, 6.45) is 70.6. The predicted molar refractivity (Wildman–Crippen MR) is 279 cm³/mol. The van der Waals surface area contributed by atoms with Gasteiger partial charge in [0.25, 0.3) is 0 Å². The van der Waals surface area contributed by atoms with Crippen molar-refractivity contribution in [2.24, 2.45) is 0 Å². The number of unbranched alkanes of at least 4 members (excludes halogenated alkanes) is 22. The van der Waals surface area contributed by atoms with Crippen LogP contribution in [0.3, 0.4) is 0 Å².